The lowest BCUT2D eigenvalue weighted by atomic mass is 9.79. The maximum Gasteiger partial charge on any atom is 0.0823 e. The third-order valence-electron chi connectivity index (χ3n) is 16.6. The van der Waals surface area contributed by atoms with Gasteiger partial charge in [0.1, 0.15) is 0 Å². The molecule has 0 N–H and O–H groups in total. The van der Waals surface area contributed by atoms with Crippen LogP contribution in [0.25, 0.3) is 108 Å². The first kappa shape index (κ1) is 44.4. The maximum absolute atomic E-state index is 6.32. The molecule has 4 nitrogen and oxygen atoms in total. The van der Waals surface area contributed by atoms with Gasteiger partial charge in [-0.25, -0.2) is 20.0 Å². The van der Waals surface area contributed by atoms with E-state index in [1.807, 2.05) is 0 Å². The number of nitrogens with zero attached hydrogens (tertiary/aromatic N) is 4. The Morgan fingerprint density at radius 1 is 0.237 bits per heavy atom. The van der Waals surface area contributed by atoms with Crippen LogP contribution in [-0.4, -0.2) is 22.8 Å². The molecular weight excluding hydrogens is 969 g/mol. The van der Waals surface area contributed by atoms with Gasteiger partial charge in [0, 0.05) is 39.0 Å². The van der Waals surface area contributed by atoms with Crippen molar-refractivity contribution in [1.82, 2.24) is 0 Å². The van der Waals surface area contributed by atoms with E-state index in [1.165, 1.54) is 0 Å². The van der Waals surface area contributed by atoms with E-state index in [-0.39, 0.29) is 0 Å². The highest BCUT2D eigenvalue weighted by Crippen LogP contribution is 2.53. The van der Waals surface area contributed by atoms with E-state index in [0.717, 1.165) is 176 Å². The number of hydrogen-bond donors (Lipinski definition) is 0. The normalized spacial score (nSPS) is 15.9. The highest BCUT2D eigenvalue weighted by atomic mass is 14.9. The van der Waals surface area contributed by atoms with Crippen molar-refractivity contribution in [3.63, 3.8) is 0 Å². The summed E-state index contributed by atoms with van der Waals surface area (Å²) in [4.78, 5) is 22.9. The fourth-order valence-electron chi connectivity index (χ4n) is 13.2. The Kier molecular flexibility index (Phi) is 9.68. The van der Waals surface area contributed by atoms with E-state index in [4.69, 9.17) is 20.0 Å². The van der Waals surface area contributed by atoms with Crippen molar-refractivity contribution in [2.24, 2.45) is 20.0 Å². The van der Waals surface area contributed by atoms with Gasteiger partial charge in [0.05, 0.1) is 45.6 Å². The van der Waals surface area contributed by atoms with Crippen LogP contribution >= 0.6 is 0 Å². The van der Waals surface area contributed by atoms with Crippen LogP contribution in [-0.2, 0) is 0 Å². The van der Waals surface area contributed by atoms with Crippen LogP contribution in [0.1, 0.15) is 22.3 Å². The van der Waals surface area contributed by atoms with Gasteiger partial charge in [0.2, 0.25) is 0 Å². The quantitative estimate of drug-likeness (QED) is 0.158. The molecule has 0 saturated carbocycles. The summed E-state index contributed by atoms with van der Waals surface area (Å²) in [5.41, 5.74) is 15.0. The Bertz CT molecular complexity index is 5050. The summed E-state index contributed by atoms with van der Waals surface area (Å²) in [5.74, 6) is 0. The Morgan fingerprint density at radius 3 is 0.963 bits per heavy atom. The number of fused-ring (bicyclic) bond motifs is 12. The van der Waals surface area contributed by atoms with E-state index < -0.39 is 0 Å². The van der Waals surface area contributed by atoms with Gasteiger partial charge >= 0.3 is 0 Å². The standard InChI is InChI=1S/C76H44N4/c1-9-25-58-45(17-1)37-46-18-2-10-26-59(46)68(58)66-43-57-42-55-34-33-53(77-55)41-54-35-36-56(78-54)44-67-72(69-60-27-11-3-19-47(60)38-48-20-4-12-28-61(48)69)73(70-62-29-13-5-21-49(62)39-50-22-6-14-30-63(50)70)76(80-67)74(75(66)79-57)71-64-31-15-7-23-51(64)40-52-24-8-16-32-65(52)71/h1-44H. The van der Waals surface area contributed by atoms with E-state index in [9.17, 15) is 0 Å². The molecule has 5 aliphatic rings. The fraction of sp³-hybridized carbons (Fsp3) is 0. The Labute approximate surface area is 460 Å². The summed E-state index contributed by atoms with van der Waals surface area (Å²) in [7, 11) is 0. The van der Waals surface area contributed by atoms with Crippen molar-refractivity contribution in [1.29, 1.82) is 0 Å². The molecule has 0 aromatic heterocycles. The van der Waals surface area contributed by atoms with E-state index in [1.54, 1.807) is 0 Å². The monoisotopic (exact) mass is 1010 g/mol. The average molecular weight is 1010 g/mol. The number of hydrogen-bond acceptors (Lipinski definition) is 4. The molecule has 8 bridgehead atoms. The molecule has 0 spiro atoms. The molecular formula is C76H44N4. The van der Waals surface area contributed by atoms with Gasteiger partial charge in [-0.3, -0.25) is 0 Å². The van der Waals surface area contributed by atoms with Gasteiger partial charge in [-0.2, -0.15) is 0 Å². The second-order valence-corrected chi connectivity index (χ2v) is 21.2. The topological polar surface area (TPSA) is 49.4 Å². The summed E-state index contributed by atoms with van der Waals surface area (Å²) in [6.07, 6.45) is 17.1. The first-order valence-electron chi connectivity index (χ1n) is 27.3. The van der Waals surface area contributed by atoms with Gasteiger partial charge in [-0.05, 0) is 165 Å². The first-order valence-corrected chi connectivity index (χ1v) is 27.3. The molecule has 17 rings (SSSR count). The number of allylic oxidation sites excluding steroid dienone is 12. The molecule has 0 unspecified atom stereocenters. The van der Waals surface area contributed by atoms with Crippen LogP contribution in [0.5, 0.6) is 0 Å². The summed E-state index contributed by atoms with van der Waals surface area (Å²) in [6.45, 7) is 0. The van der Waals surface area contributed by atoms with Crippen LogP contribution in [0, 0.1) is 0 Å². The van der Waals surface area contributed by atoms with Crippen LogP contribution in [0.2, 0.25) is 0 Å². The van der Waals surface area contributed by atoms with Gasteiger partial charge in [-0.1, -0.05) is 194 Å². The van der Waals surface area contributed by atoms with E-state index in [2.05, 4.69) is 267 Å². The zero-order valence-corrected chi connectivity index (χ0v) is 43.2. The highest BCUT2D eigenvalue weighted by Gasteiger charge is 2.37. The van der Waals surface area contributed by atoms with Gasteiger partial charge in [-0.15, -0.1) is 0 Å². The van der Waals surface area contributed by atoms with Crippen molar-refractivity contribution < 1.29 is 0 Å². The minimum Gasteiger partial charge on any atom is -0.249 e. The van der Waals surface area contributed by atoms with Crippen LogP contribution in [0.15, 0.2) is 310 Å². The molecule has 12 aromatic rings. The number of rotatable bonds is 4. The van der Waals surface area contributed by atoms with Crippen molar-refractivity contribution in [2.45, 2.75) is 0 Å². The van der Waals surface area contributed by atoms with E-state index in [0.29, 0.717) is 0 Å². The molecule has 0 radical (unpaired) electrons. The molecule has 0 amide bonds. The van der Waals surface area contributed by atoms with Crippen molar-refractivity contribution in [2.75, 3.05) is 0 Å². The zero-order chi connectivity index (χ0) is 52.4. The van der Waals surface area contributed by atoms with Crippen LogP contribution in [0.4, 0.5) is 0 Å². The lowest BCUT2D eigenvalue weighted by Crippen LogP contribution is -2.09. The Balaban J connectivity index is 1.16. The molecule has 5 aliphatic heterocycles. The van der Waals surface area contributed by atoms with E-state index >= 15 is 0 Å². The molecule has 0 aliphatic carbocycles. The van der Waals surface area contributed by atoms with Crippen molar-refractivity contribution >= 4 is 131 Å². The second kappa shape index (κ2) is 17.4. The average Bonchev–Trinajstić information content (AvgIpc) is 4.46. The molecule has 4 heteroatoms. The molecule has 0 atom stereocenters. The lowest BCUT2D eigenvalue weighted by molar-refractivity contribution is 1.42. The van der Waals surface area contributed by atoms with Crippen molar-refractivity contribution in [3.8, 4) is 0 Å². The fourth-order valence-corrected chi connectivity index (χ4v) is 13.2. The largest absolute Gasteiger partial charge is 0.249 e. The van der Waals surface area contributed by atoms with Gasteiger partial charge in [0.15, 0.2) is 0 Å². The molecule has 368 valence electrons. The molecule has 80 heavy (non-hydrogen) atoms. The highest BCUT2D eigenvalue weighted by molar-refractivity contribution is 6.54. The third-order valence-corrected chi connectivity index (χ3v) is 16.6. The van der Waals surface area contributed by atoms with Crippen LogP contribution in [0.3, 0.4) is 0 Å². The molecule has 12 aromatic carbocycles. The maximum atomic E-state index is 6.32. The zero-order valence-electron chi connectivity index (χ0n) is 43.2. The number of aliphatic imine (C=N–C) groups is 4. The summed E-state index contributed by atoms with van der Waals surface area (Å²) >= 11 is 0. The predicted octanol–water partition coefficient (Wildman–Crippen LogP) is 18.9. The SMILES string of the molecule is C1=CC2=NC1=CC1=NC(=C(c3c4ccccc4cc4ccccc34)C3=NC(=CC4=NC(=C2)C=C4)C=C3c2c3ccccc3cc3ccccc23)C(c2c3ccccc3cc3ccccc23)=C1c1c2ccccc2cc2ccccc12. The number of benzene rings is 12. The Morgan fingerprint density at radius 2 is 0.562 bits per heavy atom. The van der Waals surface area contributed by atoms with Gasteiger partial charge < -0.3 is 0 Å². The molecule has 0 saturated heterocycles. The van der Waals surface area contributed by atoms with Gasteiger partial charge in [0.25, 0.3) is 0 Å². The molecule has 5 heterocycles. The second-order valence-electron chi connectivity index (χ2n) is 21.2. The van der Waals surface area contributed by atoms with Crippen molar-refractivity contribution in [3.05, 3.63) is 312 Å². The smallest absolute Gasteiger partial charge is 0.0823 e. The lowest BCUT2D eigenvalue weighted by Gasteiger charge is -2.23. The summed E-state index contributed by atoms with van der Waals surface area (Å²) in [6, 6.07) is 80.2. The minimum absolute atomic E-state index is 0.801. The first-order chi connectivity index (χ1) is 39.6. The van der Waals surface area contributed by atoms with Crippen LogP contribution < -0.4 is 0 Å². The minimum atomic E-state index is 0.801. The predicted molar refractivity (Wildman–Crippen MR) is 340 cm³/mol. The summed E-state index contributed by atoms with van der Waals surface area (Å²) in [5, 5.41) is 18.2. The Hall–Kier alpha value is -10.7. The third kappa shape index (κ3) is 6.89. The molecule has 0 fully saturated rings. The summed E-state index contributed by atoms with van der Waals surface area (Å²) < 4.78 is 0.